The number of hydrogen-bond acceptors (Lipinski definition) is 4. The molecule has 3 aromatic carbocycles. The molecule has 0 aliphatic heterocycles. The SMILES string of the molecule is O=C(Nc1cccc(C(F)(F)F)c1)Nc1c(-c2ccccc2)ccc(OC(=O)C2CCCC2)c1O. The van der Waals surface area contributed by atoms with Gasteiger partial charge in [-0.2, -0.15) is 13.2 Å². The number of urea groups is 1. The lowest BCUT2D eigenvalue weighted by molar-refractivity contribution is -0.139. The van der Waals surface area contributed by atoms with Gasteiger partial charge >= 0.3 is 18.2 Å². The summed E-state index contributed by atoms with van der Waals surface area (Å²) in [4.78, 5) is 25.2. The third-order valence-corrected chi connectivity index (χ3v) is 5.81. The highest BCUT2D eigenvalue weighted by atomic mass is 19.4. The predicted octanol–water partition coefficient (Wildman–Crippen LogP) is 6.82. The third-order valence-electron chi connectivity index (χ3n) is 5.81. The van der Waals surface area contributed by atoms with Gasteiger partial charge in [-0.05, 0) is 48.7 Å². The molecule has 0 spiro atoms. The van der Waals surface area contributed by atoms with Gasteiger partial charge in [0.1, 0.15) is 0 Å². The number of alkyl halides is 3. The van der Waals surface area contributed by atoms with Crippen LogP contribution in [0.1, 0.15) is 31.2 Å². The Bertz CT molecular complexity index is 1220. The number of ether oxygens (including phenoxy) is 1. The van der Waals surface area contributed by atoms with Crippen LogP contribution in [0.5, 0.6) is 11.5 Å². The number of amides is 2. The Hall–Kier alpha value is -4.01. The predicted molar refractivity (Wildman–Crippen MR) is 125 cm³/mol. The molecule has 0 unspecified atom stereocenters. The van der Waals surface area contributed by atoms with Gasteiger partial charge in [0.05, 0.1) is 17.2 Å². The number of phenols is 1. The summed E-state index contributed by atoms with van der Waals surface area (Å²) in [5, 5.41) is 15.8. The Morgan fingerprint density at radius 1 is 0.914 bits per heavy atom. The molecule has 4 rings (SSSR count). The van der Waals surface area contributed by atoms with E-state index in [4.69, 9.17) is 4.74 Å². The number of carbonyl (C=O) groups excluding carboxylic acids is 2. The lowest BCUT2D eigenvalue weighted by atomic mass is 10.0. The van der Waals surface area contributed by atoms with Gasteiger partial charge in [0.15, 0.2) is 11.5 Å². The molecule has 0 atom stereocenters. The lowest BCUT2D eigenvalue weighted by Gasteiger charge is -2.17. The zero-order valence-corrected chi connectivity index (χ0v) is 18.6. The van der Waals surface area contributed by atoms with Crippen LogP contribution in [0.2, 0.25) is 0 Å². The van der Waals surface area contributed by atoms with E-state index in [0.29, 0.717) is 24.0 Å². The van der Waals surface area contributed by atoms with Crippen molar-refractivity contribution in [3.63, 3.8) is 0 Å². The van der Waals surface area contributed by atoms with Crippen molar-refractivity contribution in [2.75, 3.05) is 10.6 Å². The molecule has 35 heavy (non-hydrogen) atoms. The average molecular weight is 484 g/mol. The molecule has 1 aliphatic rings. The number of esters is 1. The number of phenolic OH excluding ortho intramolecular Hbond substituents is 1. The molecule has 1 fully saturated rings. The van der Waals surface area contributed by atoms with Crippen molar-refractivity contribution in [1.82, 2.24) is 0 Å². The van der Waals surface area contributed by atoms with E-state index in [1.807, 2.05) is 0 Å². The molecule has 9 heteroatoms. The maximum absolute atomic E-state index is 13.0. The summed E-state index contributed by atoms with van der Waals surface area (Å²) in [6.07, 6.45) is -1.27. The summed E-state index contributed by atoms with van der Waals surface area (Å²) in [6, 6.07) is 15.2. The number of nitrogens with one attached hydrogen (secondary N) is 2. The second-order valence-electron chi connectivity index (χ2n) is 8.26. The molecule has 3 aromatic rings. The van der Waals surface area contributed by atoms with E-state index >= 15 is 0 Å². The number of rotatable bonds is 5. The van der Waals surface area contributed by atoms with Crippen LogP contribution in [0.15, 0.2) is 66.7 Å². The van der Waals surface area contributed by atoms with Crippen LogP contribution in [-0.2, 0) is 11.0 Å². The minimum Gasteiger partial charge on any atom is -0.503 e. The Kier molecular flexibility index (Phi) is 6.95. The van der Waals surface area contributed by atoms with Gasteiger partial charge in [0.2, 0.25) is 0 Å². The van der Waals surface area contributed by atoms with Gasteiger partial charge in [-0.3, -0.25) is 4.79 Å². The van der Waals surface area contributed by atoms with E-state index in [-0.39, 0.29) is 23.0 Å². The fraction of sp³-hybridized carbons (Fsp3) is 0.231. The molecule has 0 radical (unpaired) electrons. The van der Waals surface area contributed by atoms with Gasteiger partial charge in [-0.15, -0.1) is 0 Å². The van der Waals surface area contributed by atoms with Gasteiger partial charge in [0.25, 0.3) is 0 Å². The molecular weight excluding hydrogens is 461 g/mol. The van der Waals surface area contributed by atoms with Crippen LogP contribution < -0.4 is 15.4 Å². The zero-order valence-electron chi connectivity index (χ0n) is 18.6. The monoisotopic (exact) mass is 484 g/mol. The van der Waals surface area contributed by atoms with Crippen LogP contribution in [0.4, 0.5) is 29.3 Å². The first-order valence-electron chi connectivity index (χ1n) is 11.1. The van der Waals surface area contributed by atoms with Crippen molar-refractivity contribution in [3.05, 3.63) is 72.3 Å². The largest absolute Gasteiger partial charge is 0.503 e. The smallest absolute Gasteiger partial charge is 0.416 e. The Morgan fingerprint density at radius 3 is 2.31 bits per heavy atom. The summed E-state index contributed by atoms with van der Waals surface area (Å²) < 4.78 is 44.4. The molecule has 0 bridgehead atoms. The molecule has 0 heterocycles. The van der Waals surface area contributed by atoms with Gasteiger partial charge in [-0.1, -0.05) is 49.2 Å². The second-order valence-corrected chi connectivity index (χ2v) is 8.26. The fourth-order valence-electron chi connectivity index (χ4n) is 4.04. The first kappa shape index (κ1) is 24.1. The van der Waals surface area contributed by atoms with Gasteiger partial charge < -0.3 is 20.5 Å². The minimum atomic E-state index is -4.57. The summed E-state index contributed by atoms with van der Waals surface area (Å²) >= 11 is 0. The lowest BCUT2D eigenvalue weighted by Crippen LogP contribution is -2.21. The first-order chi connectivity index (χ1) is 16.7. The fourth-order valence-corrected chi connectivity index (χ4v) is 4.04. The standard InChI is InChI=1S/C26H23F3N2O4/c27-26(28,29)18-11-6-12-19(15-18)30-25(34)31-22-20(16-7-2-1-3-8-16)13-14-21(23(22)32)35-24(33)17-9-4-5-10-17/h1-3,6-8,11-15,17,32H,4-5,9-10H2,(H2,30,31,34). The minimum absolute atomic E-state index is 0.0441. The van der Waals surface area contributed by atoms with Crippen LogP contribution >= 0.6 is 0 Å². The molecule has 0 aromatic heterocycles. The summed E-state index contributed by atoms with van der Waals surface area (Å²) in [7, 11) is 0. The van der Waals surface area contributed by atoms with Crippen molar-refractivity contribution in [3.8, 4) is 22.6 Å². The second kappa shape index (κ2) is 10.1. The number of carbonyl (C=O) groups is 2. The quantitative estimate of drug-likeness (QED) is 0.211. The highest BCUT2D eigenvalue weighted by molar-refractivity contribution is 6.04. The Balaban J connectivity index is 1.62. The number of anilines is 2. The number of aromatic hydroxyl groups is 1. The number of hydrogen-bond donors (Lipinski definition) is 3. The molecule has 3 N–H and O–H groups in total. The summed E-state index contributed by atoms with van der Waals surface area (Å²) in [5.74, 6) is -1.28. The molecule has 6 nitrogen and oxygen atoms in total. The van der Waals surface area contributed by atoms with Gasteiger partial charge in [0, 0.05) is 11.3 Å². The molecule has 0 saturated heterocycles. The highest BCUT2D eigenvalue weighted by Crippen LogP contribution is 2.42. The number of benzene rings is 3. The van der Waals surface area contributed by atoms with E-state index < -0.39 is 29.5 Å². The molecular formula is C26H23F3N2O4. The van der Waals surface area contributed by atoms with Crippen LogP contribution in [0.25, 0.3) is 11.1 Å². The van der Waals surface area contributed by atoms with E-state index in [9.17, 15) is 27.9 Å². The van der Waals surface area contributed by atoms with Crippen molar-refractivity contribution in [1.29, 1.82) is 0 Å². The molecule has 182 valence electrons. The summed E-state index contributed by atoms with van der Waals surface area (Å²) in [6.45, 7) is 0. The molecule has 1 saturated carbocycles. The van der Waals surface area contributed by atoms with Crippen LogP contribution in [-0.4, -0.2) is 17.1 Å². The Labute approximate surface area is 199 Å². The molecule has 1 aliphatic carbocycles. The van der Waals surface area contributed by atoms with E-state index in [0.717, 1.165) is 25.0 Å². The summed E-state index contributed by atoms with van der Waals surface area (Å²) in [5.41, 5.74) is 0.0528. The average Bonchev–Trinajstić information content (AvgIpc) is 3.37. The Morgan fingerprint density at radius 2 is 1.63 bits per heavy atom. The zero-order chi connectivity index (χ0) is 25.0. The maximum atomic E-state index is 13.0. The van der Waals surface area contributed by atoms with E-state index in [2.05, 4.69) is 10.6 Å². The van der Waals surface area contributed by atoms with Crippen LogP contribution in [0, 0.1) is 5.92 Å². The van der Waals surface area contributed by atoms with Crippen molar-refractivity contribution in [2.24, 2.45) is 5.92 Å². The first-order valence-corrected chi connectivity index (χ1v) is 11.1. The molecule has 2 amide bonds. The normalized spacial score (nSPS) is 13.9. The van der Waals surface area contributed by atoms with E-state index in [1.165, 1.54) is 18.2 Å². The van der Waals surface area contributed by atoms with Crippen LogP contribution in [0.3, 0.4) is 0 Å². The maximum Gasteiger partial charge on any atom is 0.416 e. The van der Waals surface area contributed by atoms with Crippen molar-refractivity contribution >= 4 is 23.4 Å². The number of halogens is 3. The topological polar surface area (TPSA) is 87.7 Å². The van der Waals surface area contributed by atoms with Crippen molar-refractivity contribution < 1.29 is 32.6 Å². The van der Waals surface area contributed by atoms with Crippen molar-refractivity contribution in [2.45, 2.75) is 31.9 Å². The third kappa shape index (κ3) is 5.74. The van der Waals surface area contributed by atoms with Gasteiger partial charge in [-0.25, -0.2) is 4.79 Å². The highest BCUT2D eigenvalue weighted by Gasteiger charge is 2.31. The van der Waals surface area contributed by atoms with E-state index in [1.54, 1.807) is 36.4 Å².